The second-order valence-electron chi connectivity index (χ2n) is 6.12. The summed E-state index contributed by atoms with van der Waals surface area (Å²) in [5.74, 6) is 0.134. The summed E-state index contributed by atoms with van der Waals surface area (Å²) in [5, 5.41) is 13.2. The second-order valence-corrected chi connectivity index (χ2v) is 6.12. The van der Waals surface area contributed by atoms with Crippen LogP contribution in [0.25, 0.3) is 10.9 Å². The average Bonchev–Trinajstić information content (AvgIpc) is 2.45. The van der Waals surface area contributed by atoms with Gasteiger partial charge in [0.25, 0.3) is 0 Å². The molecule has 0 spiro atoms. The monoisotopic (exact) mass is 286 g/mol. The molecule has 2 N–H and O–H groups in total. The average molecular weight is 286 g/mol. The quantitative estimate of drug-likeness (QED) is 0.809. The van der Waals surface area contributed by atoms with Crippen LogP contribution < -0.4 is 5.32 Å². The normalized spacial score (nSPS) is 11.5. The van der Waals surface area contributed by atoms with Gasteiger partial charge in [-0.2, -0.15) is 0 Å². The number of aromatic nitrogens is 1. The number of rotatable bonds is 7. The molecule has 0 fully saturated rings. The molecule has 0 bridgehead atoms. The number of carboxylic acid groups (broad SMARTS) is 1. The van der Waals surface area contributed by atoms with Gasteiger partial charge in [-0.15, -0.1) is 0 Å². The van der Waals surface area contributed by atoms with Crippen LogP contribution in [0.4, 0.5) is 5.82 Å². The van der Waals surface area contributed by atoms with E-state index >= 15 is 0 Å². The van der Waals surface area contributed by atoms with Gasteiger partial charge in [0.15, 0.2) is 0 Å². The number of nitrogens with zero attached hydrogens (tertiary/aromatic N) is 1. The van der Waals surface area contributed by atoms with E-state index in [1.807, 2.05) is 30.3 Å². The van der Waals surface area contributed by atoms with E-state index in [0.717, 1.165) is 29.7 Å². The standard InChI is InChI=1S/C17H22N2O2/c1-17(2,10-9-16(20)21)11-12-18-15-8-7-13-5-3-4-6-14(13)19-15/h3-8H,9-12H2,1-2H3,(H,18,19)(H,20,21). The predicted octanol–water partition coefficient (Wildman–Crippen LogP) is 3.93. The van der Waals surface area contributed by atoms with E-state index < -0.39 is 5.97 Å². The molecule has 1 aromatic heterocycles. The molecule has 2 aromatic rings. The summed E-state index contributed by atoms with van der Waals surface area (Å²) in [4.78, 5) is 15.2. The highest BCUT2D eigenvalue weighted by Crippen LogP contribution is 2.26. The Hall–Kier alpha value is -2.10. The molecule has 0 saturated carbocycles. The molecule has 0 saturated heterocycles. The first-order valence-electron chi connectivity index (χ1n) is 7.28. The topological polar surface area (TPSA) is 62.2 Å². The lowest BCUT2D eigenvalue weighted by atomic mass is 9.84. The summed E-state index contributed by atoms with van der Waals surface area (Å²) in [6.07, 6.45) is 1.82. The zero-order valence-corrected chi connectivity index (χ0v) is 12.6. The summed E-state index contributed by atoms with van der Waals surface area (Å²) in [7, 11) is 0. The number of aliphatic carboxylic acids is 1. The van der Waals surface area contributed by atoms with Gasteiger partial charge in [0.1, 0.15) is 5.82 Å². The van der Waals surface area contributed by atoms with Gasteiger partial charge >= 0.3 is 5.97 Å². The van der Waals surface area contributed by atoms with Gasteiger partial charge in [-0.25, -0.2) is 4.98 Å². The van der Waals surface area contributed by atoms with Crippen molar-refractivity contribution in [3.05, 3.63) is 36.4 Å². The molecule has 112 valence electrons. The molecule has 4 heteroatoms. The minimum absolute atomic E-state index is 0.0161. The lowest BCUT2D eigenvalue weighted by Gasteiger charge is -2.24. The van der Waals surface area contributed by atoms with E-state index in [9.17, 15) is 4.79 Å². The molecule has 1 aromatic carbocycles. The van der Waals surface area contributed by atoms with Crippen LogP contribution >= 0.6 is 0 Å². The van der Waals surface area contributed by atoms with Gasteiger partial charge in [-0.05, 0) is 36.5 Å². The largest absolute Gasteiger partial charge is 0.481 e. The van der Waals surface area contributed by atoms with Crippen LogP contribution in [0, 0.1) is 5.41 Å². The molecule has 0 radical (unpaired) electrons. The Morgan fingerprint density at radius 2 is 1.95 bits per heavy atom. The number of benzene rings is 1. The van der Waals surface area contributed by atoms with E-state index in [-0.39, 0.29) is 11.8 Å². The Labute approximate surface area is 125 Å². The second kappa shape index (κ2) is 6.57. The summed E-state index contributed by atoms with van der Waals surface area (Å²) in [6, 6.07) is 12.1. The van der Waals surface area contributed by atoms with Crippen LogP contribution in [0.5, 0.6) is 0 Å². The van der Waals surface area contributed by atoms with Gasteiger partial charge in [0.05, 0.1) is 5.52 Å². The Kier molecular flexibility index (Phi) is 4.78. The van der Waals surface area contributed by atoms with Crippen LogP contribution in [0.1, 0.15) is 33.1 Å². The van der Waals surface area contributed by atoms with Crippen molar-refractivity contribution in [2.24, 2.45) is 5.41 Å². The van der Waals surface area contributed by atoms with Gasteiger partial charge in [-0.1, -0.05) is 32.0 Å². The minimum Gasteiger partial charge on any atom is -0.481 e. The molecule has 2 rings (SSSR count). The van der Waals surface area contributed by atoms with Crippen LogP contribution in [0.3, 0.4) is 0 Å². The van der Waals surface area contributed by atoms with Crippen molar-refractivity contribution >= 4 is 22.7 Å². The fraction of sp³-hybridized carbons (Fsp3) is 0.412. The Bertz CT molecular complexity index is 623. The first-order chi connectivity index (χ1) is 9.96. The van der Waals surface area contributed by atoms with E-state index in [0.29, 0.717) is 6.42 Å². The highest BCUT2D eigenvalue weighted by molar-refractivity contribution is 5.80. The molecule has 0 amide bonds. The molecule has 0 unspecified atom stereocenters. The van der Waals surface area contributed by atoms with E-state index in [4.69, 9.17) is 5.11 Å². The number of fused-ring (bicyclic) bond motifs is 1. The van der Waals surface area contributed by atoms with Crippen LogP contribution in [-0.2, 0) is 4.79 Å². The SMILES string of the molecule is CC(C)(CCNc1ccc2ccccc2n1)CCC(=O)O. The van der Waals surface area contributed by atoms with Crippen LogP contribution in [0.15, 0.2) is 36.4 Å². The zero-order valence-electron chi connectivity index (χ0n) is 12.6. The number of hydrogen-bond acceptors (Lipinski definition) is 3. The minimum atomic E-state index is -0.729. The van der Waals surface area contributed by atoms with Gasteiger partial charge < -0.3 is 10.4 Å². The molecule has 4 nitrogen and oxygen atoms in total. The molecular weight excluding hydrogens is 264 g/mol. The molecule has 21 heavy (non-hydrogen) atoms. The van der Waals surface area contributed by atoms with Crippen molar-refractivity contribution in [2.45, 2.75) is 33.1 Å². The first kappa shape index (κ1) is 15.3. The van der Waals surface area contributed by atoms with Crippen molar-refractivity contribution in [3.63, 3.8) is 0 Å². The third kappa shape index (κ3) is 4.74. The van der Waals surface area contributed by atoms with Crippen molar-refractivity contribution in [1.82, 2.24) is 4.98 Å². The number of pyridine rings is 1. The number of para-hydroxylation sites is 1. The smallest absolute Gasteiger partial charge is 0.303 e. The van der Waals surface area contributed by atoms with E-state index in [1.54, 1.807) is 0 Å². The maximum Gasteiger partial charge on any atom is 0.303 e. The predicted molar refractivity (Wildman–Crippen MR) is 85.5 cm³/mol. The number of anilines is 1. The Morgan fingerprint density at radius 3 is 2.71 bits per heavy atom. The van der Waals surface area contributed by atoms with Crippen molar-refractivity contribution in [3.8, 4) is 0 Å². The number of hydrogen-bond donors (Lipinski definition) is 2. The maximum absolute atomic E-state index is 10.6. The molecule has 1 heterocycles. The van der Waals surface area contributed by atoms with E-state index in [2.05, 4.69) is 30.2 Å². The lowest BCUT2D eigenvalue weighted by Crippen LogP contribution is -2.18. The van der Waals surface area contributed by atoms with Crippen molar-refractivity contribution < 1.29 is 9.90 Å². The first-order valence-corrected chi connectivity index (χ1v) is 7.28. The van der Waals surface area contributed by atoms with Crippen LogP contribution in [0.2, 0.25) is 0 Å². The number of nitrogens with one attached hydrogen (secondary N) is 1. The van der Waals surface area contributed by atoms with Crippen LogP contribution in [-0.4, -0.2) is 22.6 Å². The number of carboxylic acids is 1. The third-order valence-electron chi connectivity index (χ3n) is 3.72. The Balaban J connectivity index is 1.88. The highest BCUT2D eigenvalue weighted by atomic mass is 16.4. The summed E-state index contributed by atoms with van der Waals surface area (Å²) in [5.41, 5.74) is 0.995. The van der Waals surface area contributed by atoms with E-state index in [1.165, 1.54) is 0 Å². The zero-order chi connectivity index (χ0) is 15.3. The summed E-state index contributed by atoms with van der Waals surface area (Å²) >= 11 is 0. The molecule has 0 aliphatic carbocycles. The Morgan fingerprint density at radius 1 is 1.19 bits per heavy atom. The lowest BCUT2D eigenvalue weighted by molar-refractivity contribution is -0.137. The third-order valence-corrected chi connectivity index (χ3v) is 3.72. The molecular formula is C17H22N2O2. The summed E-state index contributed by atoms with van der Waals surface area (Å²) < 4.78 is 0. The number of carbonyl (C=O) groups is 1. The molecule has 0 aliphatic rings. The van der Waals surface area contributed by atoms with Crippen molar-refractivity contribution in [2.75, 3.05) is 11.9 Å². The highest BCUT2D eigenvalue weighted by Gasteiger charge is 2.18. The van der Waals surface area contributed by atoms with Gasteiger partial charge in [0.2, 0.25) is 0 Å². The maximum atomic E-state index is 10.6. The molecule has 0 aliphatic heterocycles. The summed E-state index contributed by atoms with van der Waals surface area (Å²) in [6.45, 7) is 4.99. The fourth-order valence-electron chi connectivity index (χ4n) is 2.26. The fourth-order valence-corrected chi connectivity index (χ4v) is 2.26. The van der Waals surface area contributed by atoms with Gasteiger partial charge in [-0.3, -0.25) is 4.79 Å². The molecule has 0 atom stereocenters. The van der Waals surface area contributed by atoms with Crippen molar-refractivity contribution in [1.29, 1.82) is 0 Å². The van der Waals surface area contributed by atoms with Gasteiger partial charge in [0, 0.05) is 18.4 Å².